The minimum Gasteiger partial charge on any atom is -0.469 e. The van der Waals surface area contributed by atoms with Crippen molar-refractivity contribution in [3.63, 3.8) is 0 Å². The first kappa shape index (κ1) is 21.7. The van der Waals surface area contributed by atoms with E-state index in [0.717, 1.165) is 12.8 Å². The highest BCUT2D eigenvalue weighted by atomic mass is 16.5. The summed E-state index contributed by atoms with van der Waals surface area (Å²) in [7, 11) is 1.59. The highest BCUT2D eigenvalue weighted by Gasteiger charge is 2.20. The van der Waals surface area contributed by atoms with Gasteiger partial charge in [0.05, 0.1) is 18.4 Å². The smallest absolute Gasteiger partial charge is 0.257 e. The maximum atomic E-state index is 12.7. The number of methoxy groups -OCH3 is 1. The fourth-order valence-corrected chi connectivity index (χ4v) is 2.98. The third-order valence-corrected chi connectivity index (χ3v) is 4.67. The number of amides is 2. The topological polar surface area (TPSA) is 71.8 Å². The highest BCUT2D eigenvalue weighted by molar-refractivity contribution is 5.95. The summed E-state index contributed by atoms with van der Waals surface area (Å²) >= 11 is 0. The van der Waals surface area contributed by atoms with Gasteiger partial charge in [-0.15, -0.1) is 0 Å². The zero-order chi connectivity index (χ0) is 20.4. The molecule has 1 aromatic heterocycles. The van der Waals surface area contributed by atoms with Crippen LogP contribution in [-0.2, 0) is 16.0 Å². The Morgan fingerprint density at radius 1 is 1.18 bits per heavy atom. The summed E-state index contributed by atoms with van der Waals surface area (Å²) in [5, 5.41) is 3.02. The number of rotatable bonds is 11. The van der Waals surface area contributed by atoms with Gasteiger partial charge in [0.2, 0.25) is 5.91 Å². The molecule has 2 amide bonds. The molecule has 0 aliphatic rings. The van der Waals surface area contributed by atoms with E-state index < -0.39 is 0 Å². The molecule has 2 rings (SSSR count). The van der Waals surface area contributed by atoms with Crippen molar-refractivity contribution in [1.82, 2.24) is 10.2 Å². The molecule has 0 aliphatic carbocycles. The molecule has 0 fully saturated rings. The SMILES string of the molecule is COCCN(CCC(=O)NC(C)CCc1ccccc1)C(=O)c1ccoc1C. The second-order valence-corrected chi connectivity index (χ2v) is 6.92. The van der Waals surface area contributed by atoms with Gasteiger partial charge in [-0.1, -0.05) is 30.3 Å². The van der Waals surface area contributed by atoms with Crippen molar-refractivity contribution < 1.29 is 18.7 Å². The van der Waals surface area contributed by atoms with Gasteiger partial charge >= 0.3 is 0 Å². The summed E-state index contributed by atoms with van der Waals surface area (Å²) in [6, 6.07) is 11.9. The summed E-state index contributed by atoms with van der Waals surface area (Å²) < 4.78 is 10.3. The lowest BCUT2D eigenvalue weighted by atomic mass is 10.1. The van der Waals surface area contributed by atoms with Crippen LogP contribution in [0.3, 0.4) is 0 Å². The Morgan fingerprint density at radius 2 is 1.93 bits per heavy atom. The Hall–Kier alpha value is -2.60. The molecule has 6 nitrogen and oxygen atoms in total. The normalized spacial score (nSPS) is 11.8. The predicted molar refractivity (Wildman–Crippen MR) is 108 cm³/mol. The van der Waals surface area contributed by atoms with E-state index in [9.17, 15) is 9.59 Å². The van der Waals surface area contributed by atoms with Crippen LogP contribution in [0.2, 0.25) is 0 Å². The Balaban J connectivity index is 1.81. The number of hydrogen-bond donors (Lipinski definition) is 1. The number of hydrogen-bond acceptors (Lipinski definition) is 4. The van der Waals surface area contributed by atoms with Crippen LogP contribution in [0.15, 0.2) is 47.1 Å². The number of furan rings is 1. The molecule has 152 valence electrons. The third kappa shape index (κ3) is 6.85. The van der Waals surface area contributed by atoms with Crippen molar-refractivity contribution in [1.29, 1.82) is 0 Å². The highest BCUT2D eigenvalue weighted by Crippen LogP contribution is 2.12. The van der Waals surface area contributed by atoms with Gasteiger partial charge in [-0.05, 0) is 38.3 Å². The van der Waals surface area contributed by atoms with Gasteiger partial charge in [-0.2, -0.15) is 0 Å². The van der Waals surface area contributed by atoms with Crippen LogP contribution in [0.5, 0.6) is 0 Å². The molecule has 1 unspecified atom stereocenters. The van der Waals surface area contributed by atoms with E-state index in [-0.39, 0.29) is 24.3 Å². The molecule has 1 atom stereocenters. The molecule has 2 aromatic rings. The van der Waals surface area contributed by atoms with Crippen molar-refractivity contribution in [3.05, 3.63) is 59.5 Å². The van der Waals surface area contributed by atoms with Crippen molar-refractivity contribution >= 4 is 11.8 Å². The molecule has 0 aliphatic heterocycles. The zero-order valence-electron chi connectivity index (χ0n) is 16.9. The van der Waals surface area contributed by atoms with E-state index in [1.54, 1.807) is 25.0 Å². The molecule has 0 radical (unpaired) electrons. The van der Waals surface area contributed by atoms with E-state index in [0.29, 0.717) is 31.0 Å². The Labute approximate surface area is 166 Å². The monoisotopic (exact) mass is 386 g/mol. The largest absolute Gasteiger partial charge is 0.469 e. The number of nitrogens with one attached hydrogen (secondary N) is 1. The first-order valence-corrected chi connectivity index (χ1v) is 9.67. The lowest BCUT2D eigenvalue weighted by molar-refractivity contribution is -0.121. The van der Waals surface area contributed by atoms with Gasteiger partial charge in [-0.3, -0.25) is 9.59 Å². The molecule has 28 heavy (non-hydrogen) atoms. The van der Waals surface area contributed by atoms with Gasteiger partial charge in [0.15, 0.2) is 0 Å². The molecule has 1 heterocycles. The first-order chi connectivity index (χ1) is 13.5. The van der Waals surface area contributed by atoms with Crippen molar-refractivity contribution in [3.8, 4) is 0 Å². The minimum absolute atomic E-state index is 0.0558. The van der Waals surface area contributed by atoms with E-state index in [1.165, 1.54) is 11.8 Å². The Kier molecular flexibility index (Phi) is 8.75. The summed E-state index contributed by atoms with van der Waals surface area (Å²) in [5.41, 5.74) is 1.78. The Morgan fingerprint density at radius 3 is 2.57 bits per heavy atom. The van der Waals surface area contributed by atoms with Crippen LogP contribution in [0, 0.1) is 6.92 Å². The number of benzene rings is 1. The second kappa shape index (κ2) is 11.3. The first-order valence-electron chi connectivity index (χ1n) is 9.67. The maximum absolute atomic E-state index is 12.7. The zero-order valence-corrected chi connectivity index (χ0v) is 16.9. The number of ether oxygens (including phenoxy) is 1. The molecule has 1 aromatic carbocycles. The summed E-state index contributed by atoms with van der Waals surface area (Å²) in [6.45, 7) is 4.94. The molecule has 0 saturated heterocycles. The summed E-state index contributed by atoms with van der Waals surface area (Å²) in [4.78, 5) is 26.7. The van der Waals surface area contributed by atoms with Gasteiger partial charge in [0.25, 0.3) is 5.91 Å². The van der Waals surface area contributed by atoms with E-state index in [2.05, 4.69) is 17.4 Å². The quantitative estimate of drug-likeness (QED) is 0.644. The van der Waals surface area contributed by atoms with Crippen molar-refractivity contribution in [2.75, 3.05) is 26.8 Å². The van der Waals surface area contributed by atoms with Gasteiger partial charge in [0, 0.05) is 32.7 Å². The van der Waals surface area contributed by atoms with Gasteiger partial charge in [-0.25, -0.2) is 0 Å². The van der Waals surface area contributed by atoms with Crippen LogP contribution in [0.1, 0.15) is 41.4 Å². The minimum atomic E-state index is -0.145. The molecular formula is C22H30N2O4. The summed E-state index contributed by atoms with van der Waals surface area (Å²) in [6.07, 6.45) is 3.54. The molecular weight excluding hydrogens is 356 g/mol. The fraction of sp³-hybridized carbons (Fsp3) is 0.455. The molecule has 0 spiro atoms. The van der Waals surface area contributed by atoms with E-state index >= 15 is 0 Å². The van der Waals surface area contributed by atoms with E-state index in [4.69, 9.17) is 9.15 Å². The van der Waals surface area contributed by atoms with Crippen molar-refractivity contribution in [2.45, 2.75) is 39.2 Å². The number of carbonyl (C=O) groups excluding carboxylic acids is 2. The van der Waals surface area contributed by atoms with Crippen LogP contribution in [0.25, 0.3) is 0 Å². The predicted octanol–water partition coefficient (Wildman–Crippen LogP) is 3.20. The number of carbonyl (C=O) groups is 2. The lowest BCUT2D eigenvalue weighted by Gasteiger charge is -2.22. The number of aryl methyl sites for hydroxylation is 2. The van der Waals surface area contributed by atoms with Crippen LogP contribution in [0.4, 0.5) is 0 Å². The maximum Gasteiger partial charge on any atom is 0.257 e. The van der Waals surface area contributed by atoms with Crippen molar-refractivity contribution in [2.24, 2.45) is 0 Å². The molecule has 0 saturated carbocycles. The summed E-state index contributed by atoms with van der Waals surface area (Å²) in [5.74, 6) is 0.374. The third-order valence-electron chi connectivity index (χ3n) is 4.67. The average Bonchev–Trinajstić information content (AvgIpc) is 3.12. The average molecular weight is 386 g/mol. The Bertz CT molecular complexity index is 742. The van der Waals surface area contributed by atoms with E-state index in [1.807, 2.05) is 25.1 Å². The molecule has 6 heteroatoms. The molecule has 0 bridgehead atoms. The second-order valence-electron chi connectivity index (χ2n) is 6.92. The van der Waals surface area contributed by atoms with Gasteiger partial charge in [0.1, 0.15) is 5.76 Å². The number of nitrogens with zero attached hydrogens (tertiary/aromatic N) is 1. The van der Waals surface area contributed by atoms with Crippen LogP contribution < -0.4 is 5.32 Å². The van der Waals surface area contributed by atoms with Crippen LogP contribution in [-0.4, -0.2) is 49.6 Å². The fourth-order valence-electron chi connectivity index (χ4n) is 2.98. The standard InChI is InChI=1S/C22H30N2O4/c1-17(9-10-19-7-5-4-6-8-19)23-21(25)11-13-24(14-16-27-3)22(26)20-12-15-28-18(20)2/h4-8,12,15,17H,9-11,13-14,16H2,1-3H3,(H,23,25). The van der Waals surface area contributed by atoms with Gasteiger partial charge < -0.3 is 19.4 Å². The lowest BCUT2D eigenvalue weighted by Crippen LogP contribution is -2.39. The van der Waals surface area contributed by atoms with Crippen LogP contribution >= 0.6 is 0 Å². The molecule has 1 N–H and O–H groups in total.